The molecule has 0 bridgehead atoms. The van der Waals surface area contributed by atoms with Crippen molar-refractivity contribution in [3.63, 3.8) is 0 Å². The molecule has 0 atom stereocenters. The molecular formula is C13H7FNO4-. The van der Waals surface area contributed by atoms with E-state index < -0.39 is 16.7 Å². The van der Waals surface area contributed by atoms with Crippen LogP contribution in [-0.4, -0.2) is 10.9 Å². The van der Waals surface area contributed by atoms with Crippen LogP contribution in [0, 0.1) is 15.9 Å². The summed E-state index contributed by atoms with van der Waals surface area (Å²) in [5, 5.41) is 21.4. The number of hydrogen-bond donors (Lipinski definition) is 0. The van der Waals surface area contributed by atoms with Crippen molar-refractivity contribution in [2.24, 2.45) is 0 Å². The molecule has 0 unspecified atom stereocenters. The SMILES string of the molecule is O=C([O-])c1ccc(F)c(-c2cccc([N+](=O)[O-])c2)c1. The smallest absolute Gasteiger partial charge is 0.270 e. The van der Waals surface area contributed by atoms with E-state index >= 15 is 0 Å². The number of nitro groups is 1. The second kappa shape index (κ2) is 4.85. The number of hydrogen-bond acceptors (Lipinski definition) is 4. The minimum absolute atomic E-state index is 0.0228. The van der Waals surface area contributed by atoms with Crippen molar-refractivity contribution >= 4 is 11.7 Å². The van der Waals surface area contributed by atoms with E-state index in [2.05, 4.69) is 0 Å². The van der Waals surface area contributed by atoms with Gasteiger partial charge in [0.25, 0.3) is 5.69 Å². The van der Waals surface area contributed by atoms with E-state index in [9.17, 15) is 24.4 Å². The Morgan fingerprint density at radius 3 is 2.53 bits per heavy atom. The van der Waals surface area contributed by atoms with E-state index in [1.165, 1.54) is 24.3 Å². The van der Waals surface area contributed by atoms with Gasteiger partial charge in [0.15, 0.2) is 0 Å². The molecule has 0 aliphatic heterocycles. The van der Waals surface area contributed by atoms with Gasteiger partial charge < -0.3 is 9.90 Å². The van der Waals surface area contributed by atoms with Crippen LogP contribution in [0.25, 0.3) is 11.1 Å². The fourth-order valence-corrected chi connectivity index (χ4v) is 1.66. The molecule has 96 valence electrons. The molecule has 2 aromatic rings. The normalized spacial score (nSPS) is 10.2. The van der Waals surface area contributed by atoms with Gasteiger partial charge in [-0.15, -0.1) is 0 Å². The van der Waals surface area contributed by atoms with Crippen LogP contribution in [0.5, 0.6) is 0 Å². The molecule has 5 nitrogen and oxygen atoms in total. The van der Waals surface area contributed by atoms with Gasteiger partial charge in [-0.1, -0.05) is 18.2 Å². The van der Waals surface area contributed by atoms with Gasteiger partial charge in [0.2, 0.25) is 0 Å². The standard InChI is InChI=1S/C13H8FNO4/c14-12-5-4-9(13(16)17)7-11(12)8-2-1-3-10(6-8)15(18)19/h1-7H,(H,16,17)/p-1. The Morgan fingerprint density at radius 1 is 1.16 bits per heavy atom. The summed E-state index contributed by atoms with van der Waals surface area (Å²) in [6.07, 6.45) is 0. The van der Waals surface area contributed by atoms with Crippen molar-refractivity contribution in [3.05, 3.63) is 64.0 Å². The fourth-order valence-electron chi connectivity index (χ4n) is 1.66. The van der Waals surface area contributed by atoms with Crippen LogP contribution in [-0.2, 0) is 0 Å². The Morgan fingerprint density at radius 2 is 1.89 bits per heavy atom. The zero-order valence-electron chi connectivity index (χ0n) is 9.50. The second-order valence-corrected chi connectivity index (χ2v) is 3.79. The zero-order valence-corrected chi connectivity index (χ0v) is 9.50. The van der Waals surface area contributed by atoms with Crippen molar-refractivity contribution in [1.82, 2.24) is 0 Å². The summed E-state index contributed by atoms with van der Waals surface area (Å²) in [5.74, 6) is -2.10. The Hall–Kier alpha value is -2.76. The monoisotopic (exact) mass is 260 g/mol. The first-order chi connectivity index (χ1) is 8.99. The lowest BCUT2D eigenvalue weighted by molar-refractivity contribution is -0.384. The molecule has 2 aromatic carbocycles. The minimum atomic E-state index is -1.44. The predicted octanol–water partition coefficient (Wildman–Crippen LogP) is 1.76. The number of nitro benzene ring substituents is 1. The van der Waals surface area contributed by atoms with E-state index in [0.717, 1.165) is 18.2 Å². The fraction of sp³-hybridized carbons (Fsp3) is 0. The molecule has 0 N–H and O–H groups in total. The highest BCUT2D eigenvalue weighted by Crippen LogP contribution is 2.27. The van der Waals surface area contributed by atoms with Gasteiger partial charge in [-0.25, -0.2) is 4.39 Å². The lowest BCUT2D eigenvalue weighted by Crippen LogP contribution is -2.22. The number of benzene rings is 2. The van der Waals surface area contributed by atoms with E-state index in [-0.39, 0.29) is 22.4 Å². The number of aromatic carboxylic acids is 1. The molecule has 19 heavy (non-hydrogen) atoms. The summed E-state index contributed by atoms with van der Waals surface area (Å²) >= 11 is 0. The zero-order chi connectivity index (χ0) is 14.0. The van der Waals surface area contributed by atoms with Crippen molar-refractivity contribution in [2.75, 3.05) is 0 Å². The van der Waals surface area contributed by atoms with Gasteiger partial charge in [-0.05, 0) is 23.3 Å². The molecule has 0 aliphatic carbocycles. The highest BCUT2D eigenvalue weighted by molar-refractivity contribution is 5.88. The summed E-state index contributed by atoms with van der Waals surface area (Å²) in [5.41, 5.74) is -0.182. The third kappa shape index (κ3) is 2.57. The van der Waals surface area contributed by atoms with Crippen LogP contribution in [0.1, 0.15) is 10.4 Å². The van der Waals surface area contributed by atoms with Crippen molar-refractivity contribution in [3.8, 4) is 11.1 Å². The topological polar surface area (TPSA) is 83.3 Å². The van der Waals surface area contributed by atoms with Crippen molar-refractivity contribution < 1.29 is 19.2 Å². The molecule has 0 aliphatic rings. The first-order valence-electron chi connectivity index (χ1n) is 5.25. The number of halogens is 1. The van der Waals surface area contributed by atoms with Gasteiger partial charge >= 0.3 is 0 Å². The van der Waals surface area contributed by atoms with Gasteiger partial charge in [0.1, 0.15) is 5.82 Å². The molecule has 0 amide bonds. The van der Waals surface area contributed by atoms with E-state index in [4.69, 9.17) is 0 Å². The van der Waals surface area contributed by atoms with Crippen LogP contribution in [0.15, 0.2) is 42.5 Å². The van der Waals surface area contributed by atoms with E-state index in [1.807, 2.05) is 0 Å². The van der Waals surface area contributed by atoms with Gasteiger partial charge in [0, 0.05) is 17.7 Å². The maximum absolute atomic E-state index is 13.7. The largest absolute Gasteiger partial charge is 0.545 e. The second-order valence-electron chi connectivity index (χ2n) is 3.79. The van der Waals surface area contributed by atoms with Gasteiger partial charge in [-0.2, -0.15) is 0 Å². The number of carbonyl (C=O) groups is 1. The predicted molar refractivity (Wildman–Crippen MR) is 62.8 cm³/mol. The molecule has 0 radical (unpaired) electrons. The van der Waals surface area contributed by atoms with E-state index in [0.29, 0.717) is 0 Å². The third-order valence-electron chi connectivity index (χ3n) is 2.57. The number of carbonyl (C=O) groups excluding carboxylic acids is 1. The molecular weight excluding hydrogens is 253 g/mol. The Labute approximate surface area is 107 Å². The summed E-state index contributed by atoms with van der Waals surface area (Å²) in [6, 6.07) is 8.46. The molecule has 0 saturated carbocycles. The summed E-state index contributed by atoms with van der Waals surface area (Å²) in [4.78, 5) is 20.8. The van der Waals surface area contributed by atoms with Gasteiger partial charge in [0.05, 0.1) is 10.9 Å². The molecule has 0 saturated heterocycles. The lowest BCUT2D eigenvalue weighted by atomic mass is 10.0. The lowest BCUT2D eigenvalue weighted by Gasteiger charge is -2.07. The van der Waals surface area contributed by atoms with Crippen molar-refractivity contribution in [1.29, 1.82) is 0 Å². The Bertz CT molecular complexity index is 669. The third-order valence-corrected chi connectivity index (χ3v) is 2.57. The molecule has 0 spiro atoms. The van der Waals surface area contributed by atoms with Crippen LogP contribution < -0.4 is 5.11 Å². The molecule has 0 fully saturated rings. The van der Waals surface area contributed by atoms with Gasteiger partial charge in [-0.3, -0.25) is 10.1 Å². The number of carboxylic acids is 1. The van der Waals surface area contributed by atoms with Crippen LogP contribution in [0.3, 0.4) is 0 Å². The number of rotatable bonds is 3. The highest BCUT2D eigenvalue weighted by atomic mass is 19.1. The summed E-state index contributed by atoms with van der Waals surface area (Å²) < 4.78 is 13.7. The van der Waals surface area contributed by atoms with Crippen LogP contribution in [0.4, 0.5) is 10.1 Å². The summed E-state index contributed by atoms with van der Waals surface area (Å²) in [7, 11) is 0. The van der Waals surface area contributed by atoms with Crippen LogP contribution >= 0.6 is 0 Å². The highest BCUT2D eigenvalue weighted by Gasteiger charge is 2.11. The summed E-state index contributed by atoms with van der Waals surface area (Å²) in [6.45, 7) is 0. The minimum Gasteiger partial charge on any atom is -0.545 e. The quantitative estimate of drug-likeness (QED) is 0.621. The molecule has 0 aromatic heterocycles. The average molecular weight is 260 g/mol. The Kier molecular flexibility index (Phi) is 3.24. The molecule has 6 heteroatoms. The number of nitrogens with zero attached hydrogens (tertiary/aromatic N) is 1. The number of non-ortho nitro benzene ring substituents is 1. The van der Waals surface area contributed by atoms with Crippen LogP contribution in [0.2, 0.25) is 0 Å². The van der Waals surface area contributed by atoms with E-state index in [1.54, 1.807) is 0 Å². The molecule has 2 rings (SSSR count). The first kappa shape index (κ1) is 12.7. The first-order valence-corrected chi connectivity index (χ1v) is 5.25. The van der Waals surface area contributed by atoms with Crippen molar-refractivity contribution in [2.45, 2.75) is 0 Å². The number of carboxylic acid groups (broad SMARTS) is 1. The Balaban J connectivity index is 2.57. The molecule has 0 heterocycles. The maximum atomic E-state index is 13.7. The maximum Gasteiger partial charge on any atom is 0.270 e. The average Bonchev–Trinajstić information content (AvgIpc) is 2.39.